The molecule has 1 aromatic rings. The van der Waals surface area contributed by atoms with Crippen molar-refractivity contribution in [3.63, 3.8) is 0 Å². The maximum atomic E-state index is 3.45. The number of benzene rings is 1. The Labute approximate surface area is 99.6 Å². The van der Waals surface area contributed by atoms with Gasteiger partial charge in [-0.25, -0.2) is 0 Å². The minimum atomic E-state index is 0.443. The summed E-state index contributed by atoms with van der Waals surface area (Å²) in [7, 11) is 0. The number of nitrogens with one attached hydrogen (secondary N) is 1. The molecule has 0 aliphatic carbocycles. The summed E-state index contributed by atoms with van der Waals surface area (Å²) in [6, 6.07) is 6.88. The summed E-state index contributed by atoms with van der Waals surface area (Å²) in [5.74, 6) is 0. The number of rotatable bonds is 5. The van der Waals surface area contributed by atoms with E-state index in [0.717, 1.165) is 6.54 Å². The van der Waals surface area contributed by atoms with Crippen LogP contribution in [-0.4, -0.2) is 12.6 Å². The molecule has 1 atom stereocenters. The van der Waals surface area contributed by atoms with Crippen LogP contribution in [0.15, 0.2) is 24.3 Å². The van der Waals surface area contributed by atoms with Crippen molar-refractivity contribution in [1.29, 1.82) is 0 Å². The lowest BCUT2D eigenvalue weighted by atomic mass is 10.0. The van der Waals surface area contributed by atoms with Gasteiger partial charge in [0.05, 0.1) is 0 Å². The van der Waals surface area contributed by atoms with Crippen LogP contribution in [0.2, 0.25) is 0 Å². The van der Waals surface area contributed by atoms with Gasteiger partial charge in [0.2, 0.25) is 0 Å². The van der Waals surface area contributed by atoms with Crippen molar-refractivity contribution < 1.29 is 0 Å². The zero-order valence-corrected chi connectivity index (χ0v) is 10.9. The van der Waals surface area contributed by atoms with Gasteiger partial charge in [0, 0.05) is 6.04 Å². The molecule has 0 heterocycles. The van der Waals surface area contributed by atoms with Gasteiger partial charge in [-0.2, -0.15) is 0 Å². The predicted octanol–water partition coefficient (Wildman–Crippen LogP) is 3.70. The van der Waals surface area contributed by atoms with E-state index in [0.29, 0.717) is 6.04 Å². The van der Waals surface area contributed by atoms with E-state index in [9.17, 15) is 0 Å². The van der Waals surface area contributed by atoms with Crippen LogP contribution < -0.4 is 5.32 Å². The lowest BCUT2D eigenvalue weighted by Crippen LogP contribution is -2.24. The average Bonchev–Trinajstić information content (AvgIpc) is 2.25. The molecule has 16 heavy (non-hydrogen) atoms. The molecule has 1 rings (SSSR count). The smallest absolute Gasteiger partial charge is 0.0224 e. The Morgan fingerprint density at radius 2 is 1.88 bits per heavy atom. The first kappa shape index (κ1) is 13.0. The van der Waals surface area contributed by atoms with E-state index in [1.165, 1.54) is 23.1 Å². The molecule has 1 aromatic carbocycles. The van der Waals surface area contributed by atoms with Crippen LogP contribution in [0.1, 0.15) is 37.0 Å². The Morgan fingerprint density at radius 1 is 1.25 bits per heavy atom. The Morgan fingerprint density at radius 3 is 2.44 bits per heavy atom. The van der Waals surface area contributed by atoms with Gasteiger partial charge >= 0.3 is 0 Å². The van der Waals surface area contributed by atoms with Crippen LogP contribution in [0.3, 0.4) is 0 Å². The van der Waals surface area contributed by atoms with Crippen molar-refractivity contribution in [2.75, 3.05) is 6.54 Å². The first-order valence-corrected chi connectivity index (χ1v) is 6.13. The first-order chi connectivity index (χ1) is 7.65. The third kappa shape index (κ3) is 3.82. The van der Waals surface area contributed by atoms with Gasteiger partial charge in [0.25, 0.3) is 0 Å². The van der Waals surface area contributed by atoms with E-state index in [-0.39, 0.29) is 0 Å². The van der Waals surface area contributed by atoms with Gasteiger partial charge in [-0.1, -0.05) is 37.3 Å². The molecule has 0 amide bonds. The number of hydrogen-bond donors (Lipinski definition) is 1. The van der Waals surface area contributed by atoms with Crippen LogP contribution in [-0.2, 0) is 0 Å². The summed E-state index contributed by atoms with van der Waals surface area (Å²) >= 11 is 0. The molecule has 1 N–H and O–H groups in total. The molecule has 0 spiro atoms. The molecule has 0 aromatic heterocycles. The number of aryl methyl sites for hydroxylation is 2. The van der Waals surface area contributed by atoms with E-state index < -0.39 is 0 Å². The van der Waals surface area contributed by atoms with Crippen molar-refractivity contribution in [1.82, 2.24) is 5.32 Å². The second-order valence-corrected chi connectivity index (χ2v) is 4.41. The molecule has 0 bridgehead atoms. The monoisotopic (exact) mass is 217 g/mol. The average molecular weight is 217 g/mol. The molecule has 88 valence electrons. The van der Waals surface area contributed by atoms with Crippen LogP contribution in [0.5, 0.6) is 0 Å². The van der Waals surface area contributed by atoms with Crippen LogP contribution >= 0.6 is 0 Å². The van der Waals surface area contributed by atoms with Crippen molar-refractivity contribution in [2.24, 2.45) is 0 Å². The Hall–Kier alpha value is -1.08. The van der Waals surface area contributed by atoms with Crippen molar-refractivity contribution in [2.45, 2.75) is 40.2 Å². The van der Waals surface area contributed by atoms with E-state index >= 15 is 0 Å². The SMILES string of the molecule is CCCNC(C)/C=C/c1c(C)cccc1C. The fraction of sp³-hybridized carbons (Fsp3) is 0.467. The highest BCUT2D eigenvalue weighted by Gasteiger charge is 1.99. The quantitative estimate of drug-likeness (QED) is 0.793. The molecule has 1 unspecified atom stereocenters. The highest BCUT2D eigenvalue weighted by Crippen LogP contribution is 2.15. The predicted molar refractivity (Wildman–Crippen MR) is 72.7 cm³/mol. The normalized spacial score (nSPS) is 13.2. The summed E-state index contributed by atoms with van der Waals surface area (Å²) < 4.78 is 0. The highest BCUT2D eigenvalue weighted by atomic mass is 14.9. The molecule has 0 saturated carbocycles. The molecule has 0 aliphatic heterocycles. The standard InChI is InChI=1S/C15H23N/c1-5-11-16-14(4)9-10-15-12(2)7-6-8-13(15)3/h6-10,14,16H,5,11H2,1-4H3/b10-9+. The first-order valence-electron chi connectivity index (χ1n) is 6.13. The zero-order valence-electron chi connectivity index (χ0n) is 10.9. The van der Waals surface area contributed by atoms with E-state index in [1.54, 1.807) is 0 Å². The van der Waals surface area contributed by atoms with Gasteiger partial charge < -0.3 is 5.32 Å². The van der Waals surface area contributed by atoms with Crippen molar-refractivity contribution in [3.05, 3.63) is 41.0 Å². The molecule has 1 heteroatoms. The Balaban J connectivity index is 2.68. The van der Waals surface area contributed by atoms with Gasteiger partial charge in [-0.05, 0) is 50.4 Å². The molecule has 1 nitrogen and oxygen atoms in total. The molecule has 0 saturated heterocycles. The van der Waals surface area contributed by atoms with Crippen molar-refractivity contribution >= 4 is 6.08 Å². The van der Waals surface area contributed by atoms with Crippen LogP contribution in [0, 0.1) is 13.8 Å². The second-order valence-electron chi connectivity index (χ2n) is 4.41. The van der Waals surface area contributed by atoms with E-state index in [4.69, 9.17) is 0 Å². The molecular weight excluding hydrogens is 194 g/mol. The molecule has 0 fully saturated rings. The lowest BCUT2D eigenvalue weighted by molar-refractivity contribution is 0.625. The fourth-order valence-electron chi connectivity index (χ4n) is 1.77. The summed E-state index contributed by atoms with van der Waals surface area (Å²) in [5.41, 5.74) is 4.05. The number of hydrogen-bond acceptors (Lipinski definition) is 1. The maximum Gasteiger partial charge on any atom is 0.0224 e. The fourth-order valence-corrected chi connectivity index (χ4v) is 1.77. The third-order valence-corrected chi connectivity index (χ3v) is 2.81. The van der Waals surface area contributed by atoms with Gasteiger partial charge in [-0.15, -0.1) is 0 Å². The maximum absolute atomic E-state index is 3.45. The third-order valence-electron chi connectivity index (χ3n) is 2.81. The summed E-state index contributed by atoms with van der Waals surface area (Å²) in [6.07, 6.45) is 5.66. The molecular formula is C15H23N. The second kappa shape index (κ2) is 6.49. The Bertz CT molecular complexity index is 332. The summed E-state index contributed by atoms with van der Waals surface area (Å²) in [6.45, 7) is 9.79. The highest BCUT2D eigenvalue weighted by molar-refractivity contribution is 5.57. The van der Waals surface area contributed by atoms with Crippen LogP contribution in [0.25, 0.3) is 6.08 Å². The zero-order chi connectivity index (χ0) is 12.0. The van der Waals surface area contributed by atoms with Gasteiger partial charge in [-0.3, -0.25) is 0 Å². The summed E-state index contributed by atoms with van der Waals surface area (Å²) in [5, 5.41) is 3.45. The molecule has 0 radical (unpaired) electrons. The minimum absolute atomic E-state index is 0.443. The van der Waals surface area contributed by atoms with E-state index in [1.807, 2.05) is 0 Å². The largest absolute Gasteiger partial charge is 0.311 e. The van der Waals surface area contributed by atoms with Gasteiger partial charge in [0.1, 0.15) is 0 Å². The Kier molecular flexibility index (Phi) is 5.27. The van der Waals surface area contributed by atoms with E-state index in [2.05, 4.69) is 63.4 Å². The summed E-state index contributed by atoms with van der Waals surface area (Å²) in [4.78, 5) is 0. The molecule has 0 aliphatic rings. The minimum Gasteiger partial charge on any atom is -0.311 e. The lowest BCUT2D eigenvalue weighted by Gasteiger charge is -2.09. The van der Waals surface area contributed by atoms with Crippen LogP contribution in [0.4, 0.5) is 0 Å². The van der Waals surface area contributed by atoms with Crippen molar-refractivity contribution in [3.8, 4) is 0 Å². The topological polar surface area (TPSA) is 12.0 Å². The van der Waals surface area contributed by atoms with Gasteiger partial charge in [0.15, 0.2) is 0 Å².